The summed E-state index contributed by atoms with van der Waals surface area (Å²) in [6, 6.07) is 11.0. The van der Waals surface area contributed by atoms with E-state index in [1.807, 2.05) is 12.3 Å². The predicted octanol–water partition coefficient (Wildman–Crippen LogP) is 1.91. The molecule has 1 fully saturated rings. The molecule has 1 aliphatic rings. The van der Waals surface area contributed by atoms with Gasteiger partial charge in [-0.2, -0.15) is 0 Å². The molecule has 5 heteroatoms. The molecular formula is C19H29N5. The molecule has 0 spiro atoms. The van der Waals surface area contributed by atoms with Crippen molar-refractivity contribution in [3.8, 4) is 5.69 Å². The van der Waals surface area contributed by atoms with Gasteiger partial charge in [0, 0.05) is 51.0 Å². The van der Waals surface area contributed by atoms with E-state index in [9.17, 15) is 0 Å². The van der Waals surface area contributed by atoms with Gasteiger partial charge in [-0.05, 0) is 33.0 Å². The van der Waals surface area contributed by atoms with Crippen LogP contribution in [0.25, 0.3) is 5.69 Å². The Hall–Kier alpha value is -1.69. The minimum absolute atomic E-state index is 0.563. The monoisotopic (exact) mass is 327 g/mol. The van der Waals surface area contributed by atoms with Crippen molar-refractivity contribution in [2.24, 2.45) is 0 Å². The van der Waals surface area contributed by atoms with E-state index in [-0.39, 0.29) is 0 Å². The first-order valence-corrected chi connectivity index (χ1v) is 8.87. The molecule has 0 bridgehead atoms. The second kappa shape index (κ2) is 7.92. The summed E-state index contributed by atoms with van der Waals surface area (Å²) in [4.78, 5) is 9.47. The molecule has 2 heterocycles. The molecule has 1 aromatic carbocycles. The maximum atomic E-state index is 4.50. The Kier molecular flexibility index (Phi) is 5.66. The zero-order valence-corrected chi connectivity index (χ0v) is 15.1. The molecule has 5 nitrogen and oxygen atoms in total. The highest BCUT2D eigenvalue weighted by Gasteiger charge is 2.18. The minimum atomic E-state index is 0.563. The lowest BCUT2D eigenvalue weighted by atomic mass is 10.2. The molecule has 1 saturated heterocycles. The Morgan fingerprint density at radius 1 is 1.12 bits per heavy atom. The van der Waals surface area contributed by atoms with Crippen LogP contribution in [0.5, 0.6) is 0 Å². The first-order chi connectivity index (χ1) is 11.6. The van der Waals surface area contributed by atoms with Crippen molar-refractivity contribution in [2.45, 2.75) is 26.4 Å². The van der Waals surface area contributed by atoms with E-state index in [1.165, 1.54) is 37.6 Å². The van der Waals surface area contributed by atoms with E-state index >= 15 is 0 Å². The maximum absolute atomic E-state index is 4.50. The average molecular weight is 327 g/mol. The number of para-hydroxylation sites is 1. The molecule has 1 aliphatic heterocycles. The van der Waals surface area contributed by atoms with Gasteiger partial charge in [0.2, 0.25) is 0 Å². The first kappa shape index (κ1) is 17.1. The van der Waals surface area contributed by atoms with Crippen molar-refractivity contribution < 1.29 is 0 Å². The number of hydrogen-bond donors (Lipinski definition) is 1. The highest BCUT2D eigenvalue weighted by molar-refractivity contribution is 5.35. The molecule has 2 aromatic rings. The van der Waals surface area contributed by atoms with Gasteiger partial charge in [0.05, 0.1) is 11.9 Å². The largest absolute Gasteiger partial charge is 0.310 e. The zero-order valence-electron chi connectivity index (χ0n) is 15.1. The third-order valence-electron chi connectivity index (χ3n) is 4.93. The summed E-state index contributed by atoms with van der Waals surface area (Å²) in [6.07, 6.45) is 1.98. The number of aromatic nitrogens is 2. The van der Waals surface area contributed by atoms with Crippen molar-refractivity contribution in [3.05, 3.63) is 48.0 Å². The van der Waals surface area contributed by atoms with Gasteiger partial charge in [-0.25, -0.2) is 4.98 Å². The first-order valence-electron chi connectivity index (χ1n) is 8.87. The number of piperazine rings is 1. The normalized spacial score (nSPS) is 18.0. The smallest absolute Gasteiger partial charge is 0.110 e. The summed E-state index contributed by atoms with van der Waals surface area (Å²) in [5.41, 5.74) is 2.39. The number of likely N-dealkylation sites (N-methyl/N-ethyl adjacent to an activating group) is 1. The number of rotatable bonds is 6. The minimum Gasteiger partial charge on any atom is -0.310 e. The van der Waals surface area contributed by atoms with Gasteiger partial charge >= 0.3 is 0 Å². The standard InChI is InChI=1S/C19H29N5/c1-16(23-11-9-22(3)10-12-23)13-20-14-19-15-21-17(2)24(19)18-7-5-4-6-8-18/h4-8,15-16,20H,9-14H2,1-3H3/t16-/m1/s1. The fourth-order valence-corrected chi connectivity index (χ4v) is 3.35. The fourth-order valence-electron chi connectivity index (χ4n) is 3.35. The van der Waals surface area contributed by atoms with Crippen molar-refractivity contribution in [1.29, 1.82) is 0 Å². The third kappa shape index (κ3) is 4.04. The summed E-state index contributed by atoms with van der Waals surface area (Å²) in [6.45, 7) is 10.9. The lowest BCUT2D eigenvalue weighted by molar-refractivity contribution is 0.117. The lowest BCUT2D eigenvalue weighted by Crippen LogP contribution is -2.50. The van der Waals surface area contributed by atoms with Crippen LogP contribution in [0, 0.1) is 6.92 Å². The number of aryl methyl sites for hydroxylation is 1. The van der Waals surface area contributed by atoms with Gasteiger partial charge in [0.1, 0.15) is 5.82 Å². The Labute approximate surface area is 145 Å². The maximum Gasteiger partial charge on any atom is 0.110 e. The molecule has 1 aromatic heterocycles. The lowest BCUT2D eigenvalue weighted by Gasteiger charge is -2.36. The van der Waals surface area contributed by atoms with E-state index in [1.54, 1.807) is 0 Å². The van der Waals surface area contributed by atoms with Gasteiger partial charge < -0.3 is 10.2 Å². The van der Waals surface area contributed by atoms with Crippen molar-refractivity contribution in [1.82, 2.24) is 24.7 Å². The van der Waals surface area contributed by atoms with E-state index in [0.29, 0.717) is 6.04 Å². The number of hydrogen-bond acceptors (Lipinski definition) is 4. The molecule has 0 unspecified atom stereocenters. The molecule has 0 aliphatic carbocycles. The van der Waals surface area contributed by atoms with Crippen LogP contribution in [-0.2, 0) is 6.54 Å². The van der Waals surface area contributed by atoms with Crippen LogP contribution in [0.1, 0.15) is 18.4 Å². The number of benzene rings is 1. The highest BCUT2D eigenvalue weighted by Crippen LogP contribution is 2.14. The number of nitrogens with zero attached hydrogens (tertiary/aromatic N) is 4. The second-order valence-corrected chi connectivity index (χ2v) is 6.79. The molecule has 0 amide bonds. The van der Waals surface area contributed by atoms with Crippen molar-refractivity contribution in [3.63, 3.8) is 0 Å². The molecular weight excluding hydrogens is 298 g/mol. The van der Waals surface area contributed by atoms with Crippen LogP contribution >= 0.6 is 0 Å². The third-order valence-corrected chi connectivity index (χ3v) is 4.93. The molecule has 3 rings (SSSR count). The van der Waals surface area contributed by atoms with Gasteiger partial charge in [0.25, 0.3) is 0 Å². The van der Waals surface area contributed by atoms with E-state index in [2.05, 4.69) is 69.8 Å². The van der Waals surface area contributed by atoms with Crippen molar-refractivity contribution in [2.75, 3.05) is 39.8 Å². The van der Waals surface area contributed by atoms with E-state index in [0.717, 1.165) is 18.9 Å². The van der Waals surface area contributed by atoms with Crippen molar-refractivity contribution >= 4 is 0 Å². The fraction of sp³-hybridized carbons (Fsp3) is 0.526. The van der Waals surface area contributed by atoms with Crippen LogP contribution in [0.3, 0.4) is 0 Å². The summed E-state index contributed by atoms with van der Waals surface area (Å²) >= 11 is 0. The Morgan fingerprint density at radius 3 is 2.54 bits per heavy atom. The van der Waals surface area contributed by atoms with Crippen LogP contribution in [-0.4, -0.2) is 65.2 Å². The molecule has 130 valence electrons. The van der Waals surface area contributed by atoms with E-state index < -0.39 is 0 Å². The summed E-state index contributed by atoms with van der Waals surface area (Å²) in [7, 11) is 2.20. The Balaban J connectivity index is 1.56. The Bertz CT molecular complexity index is 628. The number of imidazole rings is 1. The molecule has 0 radical (unpaired) electrons. The SMILES string of the molecule is Cc1ncc(CNC[C@@H](C)N2CCN(C)CC2)n1-c1ccccc1. The average Bonchev–Trinajstić information content (AvgIpc) is 2.97. The quantitative estimate of drug-likeness (QED) is 0.879. The van der Waals surface area contributed by atoms with Crippen LogP contribution < -0.4 is 5.32 Å². The zero-order chi connectivity index (χ0) is 16.9. The highest BCUT2D eigenvalue weighted by atomic mass is 15.3. The summed E-state index contributed by atoms with van der Waals surface area (Å²) < 4.78 is 2.23. The Morgan fingerprint density at radius 2 is 1.83 bits per heavy atom. The summed E-state index contributed by atoms with van der Waals surface area (Å²) in [5, 5.41) is 3.62. The van der Waals surface area contributed by atoms with E-state index in [4.69, 9.17) is 0 Å². The van der Waals surface area contributed by atoms with Crippen LogP contribution in [0.4, 0.5) is 0 Å². The molecule has 1 atom stereocenters. The van der Waals surface area contributed by atoms with Gasteiger partial charge in [-0.3, -0.25) is 9.47 Å². The molecule has 24 heavy (non-hydrogen) atoms. The second-order valence-electron chi connectivity index (χ2n) is 6.79. The topological polar surface area (TPSA) is 36.3 Å². The van der Waals surface area contributed by atoms with Gasteiger partial charge in [-0.1, -0.05) is 18.2 Å². The number of nitrogens with one attached hydrogen (secondary N) is 1. The molecule has 0 saturated carbocycles. The molecule has 1 N–H and O–H groups in total. The van der Waals surface area contributed by atoms with Gasteiger partial charge in [-0.15, -0.1) is 0 Å². The predicted molar refractivity (Wildman–Crippen MR) is 98.5 cm³/mol. The summed E-state index contributed by atoms with van der Waals surface area (Å²) in [5.74, 6) is 1.03. The van der Waals surface area contributed by atoms with Gasteiger partial charge in [0.15, 0.2) is 0 Å². The van der Waals surface area contributed by atoms with Crippen LogP contribution in [0.15, 0.2) is 36.5 Å². The van der Waals surface area contributed by atoms with Crippen LogP contribution in [0.2, 0.25) is 0 Å².